The summed E-state index contributed by atoms with van der Waals surface area (Å²) in [5, 5.41) is 13.8. The van der Waals surface area contributed by atoms with Gasteiger partial charge in [0.1, 0.15) is 13.2 Å². The molecule has 0 rings (SSSR count). The molecule has 0 heterocycles. The second-order valence-electron chi connectivity index (χ2n) is 17.5. The van der Waals surface area contributed by atoms with Gasteiger partial charge in [-0.3, -0.25) is 9.36 Å². The molecule has 0 saturated heterocycles. The molecule has 3 unspecified atom stereocenters. The van der Waals surface area contributed by atoms with Crippen LogP contribution in [0.1, 0.15) is 226 Å². The number of allylic oxidation sites excluding steroid dienone is 2. The van der Waals surface area contributed by atoms with Crippen LogP contribution in [-0.2, 0) is 18.4 Å². The van der Waals surface area contributed by atoms with Gasteiger partial charge in [-0.05, 0) is 38.5 Å². The number of hydrogen-bond donors (Lipinski definition) is 2. The highest BCUT2D eigenvalue weighted by molar-refractivity contribution is 7.45. The number of unbranched alkanes of at least 4 members (excludes halogenated alkanes) is 28. The molecular formula is C46H93N2O6P. The van der Waals surface area contributed by atoms with Crippen LogP contribution >= 0.6 is 7.82 Å². The first-order valence-electron chi connectivity index (χ1n) is 23.5. The number of nitrogens with one attached hydrogen (secondary N) is 1. The number of carbonyl (C=O) groups excluding carboxylic acids is 1. The molecule has 3 atom stereocenters. The average molecular weight is 801 g/mol. The molecule has 328 valence electrons. The van der Waals surface area contributed by atoms with Crippen molar-refractivity contribution in [1.82, 2.24) is 5.32 Å². The minimum atomic E-state index is -4.55. The highest BCUT2D eigenvalue weighted by Crippen LogP contribution is 2.38. The number of carbonyl (C=O) groups is 1. The number of likely N-dealkylation sites (N-methyl/N-ethyl adjacent to an activating group) is 1. The summed E-state index contributed by atoms with van der Waals surface area (Å²) in [6.07, 6.45) is 43.8. The van der Waals surface area contributed by atoms with Crippen LogP contribution in [0.5, 0.6) is 0 Å². The van der Waals surface area contributed by atoms with Crippen molar-refractivity contribution in [2.24, 2.45) is 0 Å². The molecule has 0 aromatic carbocycles. The van der Waals surface area contributed by atoms with Crippen molar-refractivity contribution in [2.45, 2.75) is 238 Å². The highest BCUT2D eigenvalue weighted by Gasteiger charge is 2.24. The summed E-state index contributed by atoms with van der Waals surface area (Å²) in [6.45, 7) is 4.69. The second-order valence-corrected chi connectivity index (χ2v) is 18.9. The van der Waals surface area contributed by atoms with Gasteiger partial charge in [0.15, 0.2) is 0 Å². The van der Waals surface area contributed by atoms with Crippen LogP contribution in [0.25, 0.3) is 0 Å². The van der Waals surface area contributed by atoms with E-state index in [-0.39, 0.29) is 19.1 Å². The van der Waals surface area contributed by atoms with E-state index < -0.39 is 20.0 Å². The molecule has 1 amide bonds. The van der Waals surface area contributed by atoms with E-state index in [4.69, 9.17) is 9.05 Å². The Kier molecular flexibility index (Phi) is 38.2. The third-order valence-electron chi connectivity index (χ3n) is 10.8. The smallest absolute Gasteiger partial charge is 0.268 e. The van der Waals surface area contributed by atoms with E-state index in [0.717, 1.165) is 38.5 Å². The molecule has 0 fully saturated rings. The number of phosphoric ester groups is 1. The van der Waals surface area contributed by atoms with E-state index in [1.165, 1.54) is 161 Å². The molecule has 0 aliphatic rings. The predicted octanol–water partition coefficient (Wildman–Crippen LogP) is 12.5. The Morgan fingerprint density at radius 3 is 1.42 bits per heavy atom. The Morgan fingerprint density at radius 2 is 1.00 bits per heavy atom. The zero-order valence-electron chi connectivity index (χ0n) is 37.1. The van der Waals surface area contributed by atoms with Crippen LogP contribution < -0.4 is 10.2 Å². The van der Waals surface area contributed by atoms with Crippen LogP contribution in [0.15, 0.2) is 12.2 Å². The SMILES string of the molecule is CCCCCCCCCC/C=C\CCCCCCCCCCCCCCCC(=O)NC(COP(=O)([O-])OCC[N+](C)(C)C)C(O)CCCCCCCCCC. The van der Waals surface area contributed by atoms with Gasteiger partial charge in [-0.2, -0.15) is 0 Å². The molecule has 8 nitrogen and oxygen atoms in total. The summed E-state index contributed by atoms with van der Waals surface area (Å²) in [4.78, 5) is 25.2. The summed E-state index contributed by atoms with van der Waals surface area (Å²) < 4.78 is 23.2. The molecule has 55 heavy (non-hydrogen) atoms. The lowest BCUT2D eigenvalue weighted by Crippen LogP contribution is -2.46. The fraction of sp³-hybridized carbons (Fsp3) is 0.935. The lowest BCUT2D eigenvalue weighted by atomic mass is 10.0. The minimum absolute atomic E-state index is 0.0139. The predicted molar refractivity (Wildman–Crippen MR) is 233 cm³/mol. The normalized spacial score (nSPS) is 14.4. The van der Waals surface area contributed by atoms with Crippen molar-refractivity contribution in [3.63, 3.8) is 0 Å². The van der Waals surface area contributed by atoms with Gasteiger partial charge in [0.2, 0.25) is 5.91 Å². The number of aliphatic hydroxyl groups is 1. The summed E-state index contributed by atoms with van der Waals surface area (Å²) in [7, 11) is 1.31. The maximum atomic E-state index is 12.8. The van der Waals surface area contributed by atoms with E-state index >= 15 is 0 Å². The maximum absolute atomic E-state index is 12.8. The quantitative estimate of drug-likeness (QED) is 0.0275. The lowest BCUT2D eigenvalue weighted by Gasteiger charge is -2.30. The van der Waals surface area contributed by atoms with Gasteiger partial charge in [0, 0.05) is 6.42 Å². The van der Waals surface area contributed by atoms with Crippen molar-refractivity contribution < 1.29 is 32.9 Å². The first-order chi connectivity index (χ1) is 26.5. The van der Waals surface area contributed by atoms with E-state index in [9.17, 15) is 19.4 Å². The van der Waals surface area contributed by atoms with Gasteiger partial charge in [0.25, 0.3) is 7.82 Å². The lowest BCUT2D eigenvalue weighted by molar-refractivity contribution is -0.870. The number of amides is 1. The fourth-order valence-electron chi connectivity index (χ4n) is 6.98. The molecule has 0 spiro atoms. The van der Waals surface area contributed by atoms with E-state index in [0.29, 0.717) is 23.9 Å². The highest BCUT2D eigenvalue weighted by atomic mass is 31.2. The van der Waals surface area contributed by atoms with Crippen molar-refractivity contribution in [1.29, 1.82) is 0 Å². The average Bonchev–Trinajstić information content (AvgIpc) is 3.13. The third kappa shape index (κ3) is 41.2. The Morgan fingerprint density at radius 1 is 0.618 bits per heavy atom. The number of rotatable bonds is 43. The molecule has 2 N–H and O–H groups in total. The molecule has 9 heteroatoms. The monoisotopic (exact) mass is 801 g/mol. The number of phosphoric acid groups is 1. The summed E-state index contributed by atoms with van der Waals surface area (Å²) in [6, 6.07) is -0.794. The maximum Gasteiger partial charge on any atom is 0.268 e. The van der Waals surface area contributed by atoms with E-state index in [1.54, 1.807) is 0 Å². The first kappa shape index (κ1) is 54.2. The van der Waals surface area contributed by atoms with Gasteiger partial charge in [-0.15, -0.1) is 0 Å². The first-order valence-corrected chi connectivity index (χ1v) is 25.0. The molecule has 0 saturated carbocycles. The minimum Gasteiger partial charge on any atom is -0.756 e. The number of aliphatic hydroxyl groups excluding tert-OH is 1. The summed E-state index contributed by atoms with van der Waals surface area (Å²) in [5.74, 6) is -0.166. The topological polar surface area (TPSA) is 108 Å². The van der Waals surface area contributed by atoms with Crippen molar-refractivity contribution >= 4 is 13.7 Å². The Balaban J connectivity index is 4.05. The molecule has 0 radical (unpaired) electrons. The van der Waals surface area contributed by atoms with Crippen molar-refractivity contribution in [3.8, 4) is 0 Å². The van der Waals surface area contributed by atoms with Crippen molar-refractivity contribution in [3.05, 3.63) is 12.2 Å². The largest absolute Gasteiger partial charge is 0.756 e. The van der Waals surface area contributed by atoms with Crippen LogP contribution in [-0.4, -0.2) is 68.5 Å². The summed E-state index contributed by atoms with van der Waals surface area (Å²) >= 11 is 0. The van der Waals surface area contributed by atoms with Crippen LogP contribution in [0.3, 0.4) is 0 Å². The van der Waals surface area contributed by atoms with Crippen LogP contribution in [0, 0.1) is 0 Å². The van der Waals surface area contributed by atoms with Crippen molar-refractivity contribution in [2.75, 3.05) is 40.9 Å². The summed E-state index contributed by atoms with van der Waals surface area (Å²) in [5.41, 5.74) is 0. The fourth-order valence-corrected chi connectivity index (χ4v) is 7.70. The zero-order chi connectivity index (χ0) is 40.7. The third-order valence-corrected chi connectivity index (χ3v) is 11.7. The van der Waals surface area contributed by atoms with Gasteiger partial charge < -0.3 is 28.8 Å². The number of nitrogens with zero attached hydrogens (tertiary/aromatic N) is 1. The van der Waals surface area contributed by atoms with Gasteiger partial charge in [0.05, 0.1) is 39.9 Å². The standard InChI is InChI=1S/C46H93N2O6P/c1-6-8-10-12-14-16-17-18-19-20-21-22-23-24-25-26-27-28-29-30-31-32-34-36-38-40-46(50)47-44(43-54-55(51,52)53-42-41-48(3,4)5)45(49)39-37-35-33-15-13-11-9-7-2/h20-21,44-45,49H,6-19,22-43H2,1-5H3,(H-,47,50,51,52)/b21-20-. The molecule has 0 bridgehead atoms. The van der Waals surface area contributed by atoms with Gasteiger partial charge in [-0.1, -0.05) is 193 Å². The molecular weight excluding hydrogens is 707 g/mol. The molecule has 0 aromatic heterocycles. The second kappa shape index (κ2) is 38.7. The molecule has 0 aromatic rings. The van der Waals surface area contributed by atoms with Gasteiger partial charge >= 0.3 is 0 Å². The molecule has 0 aliphatic heterocycles. The Labute approximate surface area is 342 Å². The van der Waals surface area contributed by atoms with Crippen LogP contribution in [0.4, 0.5) is 0 Å². The Bertz CT molecular complexity index is 911. The molecule has 0 aliphatic carbocycles. The van der Waals surface area contributed by atoms with Gasteiger partial charge in [-0.25, -0.2) is 0 Å². The zero-order valence-corrected chi connectivity index (χ0v) is 38.0. The van der Waals surface area contributed by atoms with Crippen LogP contribution in [0.2, 0.25) is 0 Å². The number of hydrogen-bond acceptors (Lipinski definition) is 6. The Hall–Kier alpha value is -0.760. The number of quaternary nitrogens is 1. The van der Waals surface area contributed by atoms with E-state index in [2.05, 4.69) is 31.3 Å². The van der Waals surface area contributed by atoms with E-state index in [1.807, 2.05) is 21.1 Å².